The number of aryl methyl sites for hydroxylation is 2. The predicted molar refractivity (Wildman–Crippen MR) is 113 cm³/mol. The van der Waals surface area contributed by atoms with Gasteiger partial charge in [-0.05, 0) is 55.3 Å². The lowest BCUT2D eigenvalue weighted by Gasteiger charge is -2.18. The van der Waals surface area contributed by atoms with Gasteiger partial charge in [0.15, 0.2) is 0 Å². The number of nitrogens with zero attached hydrogens (tertiary/aromatic N) is 1. The number of amides is 1. The Hall–Kier alpha value is -2.88. The molecule has 2 N–H and O–H groups in total. The first-order valence-electron chi connectivity index (χ1n) is 9.35. The SMILES string of the molecule is CCc1cc2cc(NC(=O)/C=C/c3ccc(C(C)(C)C)nc3C)ccc2[nH]1. The van der Waals surface area contributed by atoms with Gasteiger partial charge in [0, 0.05) is 45.2 Å². The molecular formula is C23H27N3O. The van der Waals surface area contributed by atoms with E-state index in [1.165, 1.54) is 5.69 Å². The normalized spacial score (nSPS) is 12.0. The lowest BCUT2D eigenvalue weighted by atomic mass is 9.91. The van der Waals surface area contributed by atoms with Gasteiger partial charge in [-0.15, -0.1) is 0 Å². The van der Waals surface area contributed by atoms with Gasteiger partial charge in [-0.1, -0.05) is 33.8 Å². The number of nitrogens with one attached hydrogen (secondary N) is 2. The Labute approximate surface area is 160 Å². The van der Waals surface area contributed by atoms with Crippen molar-refractivity contribution in [1.29, 1.82) is 0 Å². The number of rotatable bonds is 4. The van der Waals surface area contributed by atoms with Crippen molar-refractivity contribution in [2.24, 2.45) is 0 Å². The van der Waals surface area contributed by atoms with E-state index in [9.17, 15) is 4.79 Å². The van der Waals surface area contributed by atoms with Gasteiger partial charge < -0.3 is 10.3 Å². The van der Waals surface area contributed by atoms with Gasteiger partial charge in [0.1, 0.15) is 0 Å². The molecule has 2 heterocycles. The highest BCUT2D eigenvalue weighted by molar-refractivity contribution is 6.03. The molecule has 3 aromatic rings. The molecule has 0 fully saturated rings. The molecular weight excluding hydrogens is 334 g/mol. The summed E-state index contributed by atoms with van der Waals surface area (Å²) in [5, 5.41) is 4.03. The van der Waals surface area contributed by atoms with Gasteiger partial charge in [0.2, 0.25) is 5.91 Å². The van der Waals surface area contributed by atoms with E-state index in [4.69, 9.17) is 0 Å². The first kappa shape index (κ1) is 18.9. The molecule has 0 saturated heterocycles. The molecule has 0 bridgehead atoms. The highest BCUT2D eigenvalue weighted by Gasteiger charge is 2.15. The van der Waals surface area contributed by atoms with E-state index >= 15 is 0 Å². The number of benzene rings is 1. The zero-order chi connectivity index (χ0) is 19.6. The minimum Gasteiger partial charge on any atom is -0.358 e. The van der Waals surface area contributed by atoms with E-state index in [1.54, 1.807) is 6.08 Å². The van der Waals surface area contributed by atoms with E-state index in [0.717, 1.165) is 40.0 Å². The van der Waals surface area contributed by atoms with E-state index in [2.05, 4.69) is 49.0 Å². The number of H-pyrrole nitrogens is 1. The molecule has 0 radical (unpaired) electrons. The van der Waals surface area contributed by atoms with Crippen molar-refractivity contribution in [1.82, 2.24) is 9.97 Å². The van der Waals surface area contributed by atoms with Crippen molar-refractivity contribution < 1.29 is 4.79 Å². The van der Waals surface area contributed by atoms with Crippen LogP contribution in [0.25, 0.3) is 17.0 Å². The van der Waals surface area contributed by atoms with Crippen LogP contribution in [0.5, 0.6) is 0 Å². The Bertz CT molecular complexity index is 1010. The largest absolute Gasteiger partial charge is 0.358 e. The number of pyridine rings is 1. The molecule has 140 valence electrons. The van der Waals surface area contributed by atoms with Crippen LogP contribution in [-0.4, -0.2) is 15.9 Å². The second-order valence-electron chi connectivity index (χ2n) is 7.89. The molecule has 0 spiro atoms. The summed E-state index contributed by atoms with van der Waals surface area (Å²) in [5.41, 5.74) is 6.00. The molecule has 0 aliphatic carbocycles. The van der Waals surface area contributed by atoms with Crippen LogP contribution in [0.3, 0.4) is 0 Å². The third-order valence-electron chi connectivity index (χ3n) is 4.63. The number of hydrogen-bond acceptors (Lipinski definition) is 2. The van der Waals surface area contributed by atoms with Crippen molar-refractivity contribution >= 4 is 28.6 Å². The molecule has 0 atom stereocenters. The number of fused-ring (bicyclic) bond motifs is 1. The lowest BCUT2D eigenvalue weighted by molar-refractivity contribution is -0.111. The van der Waals surface area contributed by atoms with Crippen LogP contribution < -0.4 is 5.32 Å². The fraction of sp³-hybridized carbons (Fsp3) is 0.304. The maximum atomic E-state index is 12.3. The van der Waals surface area contributed by atoms with Gasteiger partial charge >= 0.3 is 0 Å². The zero-order valence-electron chi connectivity index (χ0n) is 16.7. The summed E-state index contributed by atoms with van der Waals surface area (Å²) in [6, 6.07) is 12.1. The van der Waals surface area contributed by atoms with Crippen molar-refractivity contribution in [3.63, 3.8) is 0 Å². The summed E-state index contributed by atoms with van der Waals surface area (Å²) >= 11 is 0. The summed E-state index contributed by atoms with van der Waals surface area (Å²) in [7, 11) is 0. The molecule has 3 rings (SSSR count). The van der Waals surface area contributed by atoms with Crippen LogP contribution in [0.4, 0.5) is 5.69 Å². The third kappa shape index (κ3) is 4.45. The third-order valence-corrected chi connectivity index (χ3v) is 4.63. The molecule has 1 amide bonds. The van der Waals surface area contributed by atoms with Crippen LogP contribution in [-0.2, 0) is 16.6 Å². The van der Waals surface area contributed by atoms with Crippen LogP contribution in [0, 0.1) is 6.92 Å². The number of aromatic nitrogens is 2. The zero-order valence-corrected chi connectivity index (χ0v) is 16.7. The molecule has 0 saturated carbocycles. The van der Waals surface area contributed by atoms with Gasteiger partial charge in [-0.3, -0.25) is 9.78 Å². The summed E-state index contributed by atoms with van der Waals surface area (Å²) < 4.78 is 0. The molecule has 27 heavy (non-hydrogen) atoms. The van der Waals surface area contributed by atoms with Gasteiger partial charge in [0.25, 0.3) is 0 Å². The summed E-state index contributed by atoms with van der Waals surface area (Å²) in [6.07, 6.45) is 4.33. The minimum atomic E-state index is -0.153. The van der Waals surface area contributed by atoms with E-state index in [-0.39, 0.29) is 11.3 Å². The first-order chi connectivity index (χ1) is 12.8. The maximum Gasteiger partial charge on any atom is 0.248 e. The number of carbonyl (C=O) groups is 1. The number of carbonyl (C=O) groups excluding carboxylic acids is 1. The van der Waals surface area contributed by atoms with E-state index in [0.29, 0.717) is 0 Å². The van der Waals surface area contributed by atoms with E-state index in [1.807, 2.05) is 43.3 Å². The van der Waals surface area contributed by atoms with Gasteiger partial charge in [-0.2, -0.15) is 0 Å². The number of aromatic amines is 1. The van der Waals surface area contributed by atoms with Crippen LogP contribution in [0.2, 0.25) is 0 Å². The van der Waals surface area contributed by atoms with Gasteiger partial charge in [0.05, 0.1) is 0 Å². The summed E-state index contributed by atoms with van der Waals surface area (Å²) in [4.78, 5) is 20.3. The first-order valence-corrected chi connectivity index (χ1v) is 9.35. The van der Waals surface area contributed by atoms with Crippen LogP contribution in [0.1, 0.15) is 50.3 Å². The fourth-order valence-corrected chi connectivity index (χ4v) is 2.98. The van der Waals surface area contributed by atoms with Crippen LogP contribution >= 0.6 is 0 Å². The van der Waals surface area contributed by atoms with Crippen molar-refractivity contribution in [3.05, 3.63) is 65.1 Å². The molecule has 0 unspecified atom stereocenters. The maximum absolute atomic E-state index is 12.3. The highest BCUT2D eigenvalue weighted by Crippen LogP contribution is 2.22. The molecule has 0 aliphatic rings. The second kappa shape index (κ2) is 7.39. The molecule has 4 heteroatoms. The average molecular weight is 361 g/mol. The fourth-order valence-electron chi connectivity index (χ4n) is 2.98. The molecule has 2 aromatic heterocycles. The Morgan fingerprint density at radius 3 is 2.63 bits per heavy atom. The number of hydrogen-bond donors (Lipinski definition) is 2. The second-order valence-corrected chi connectivity index (χ2v) is 7.89. The minimum absolute atomic E-state index is 0.0128. The topological polar surface area (TPSA) is 57.8 Å². The number of anilines is 1. The standard InChI is InChI=1S/C23H27N3O/c1-6-18-13-17-14-19(9-10-20(17)25-18)26-22(27)12-8-16-7-11-21(23(3,4)5)24-15(16)2/h7-14,25H,6H2,1-5H3,(H,26,27)/b12-8+. The molecule has 4 nitrogen and oxygen atoms in total. The smallest absolute Gasteiger partial charge is 0.248 e. The monoisotopic (exact) mass is 361 g/mol. The average Bonchev–Trinajstić information content (AvgIpc) is 3.02. The summed E-state index contributed by atoms with van der Waals surface area (Å²) in [5.74, 6) is -0.153. The predicted octanol–water partition coefficient (Wildman–Crippen LogP) is 5.38. The van der Waals surface area contributed by atoms with Crippen molar-refractivity contribution in [2.75, 3.05) is 5.32 Å². The lowest BCUT2D eigenvalue weighted by Crippen LogP contribution is -2.14. The van der Waals surface area contributed by atoms with E-state index < -0.39 is 0 Å². The summed E-state index contributed by atoms with van der Waals surface area (Å²) in [6.45, 7) is 10.5. The Morgan fingerprint density at radius 1 is 1.19 bits per heavy atom. The highest BCUT2D eigenvalue weighted by atomic mass is 16.1. The van der Waals surface area contributed by atoms with Crippen LogP contribution in [0.15, 0.2) is 42.5 Å². The Kier molecular flexibility index (Phi) is 5.17. The Balaban J connectivity index is 1.72. The Morgan fingerprint density at radius 2 is 1.96 bits per heavy atom. The van der Waals surface area contributed by atoms with Crippen molar-refractivity contribution in [2.45, 2.75) is 46.5 Å². The molecule has 1 aromatic carbocycles. The quantitative estimate of drug-likeness (QED) is 0.613. The van der Waals surface area contributed by atoms with Gasteiger partial charge in [-0.25, -0.2) is 0 Å². The molecule has 0 aliphatic heterocycles. The van der Waals surface area contributed by atoms with Crippen molar-refractivity contribution in [3.8, 4) is 0 Å².